The predicted molar refractivity (Wildman–Crippen MR) is 97.0 cm³/mol. The fourth-order valence-corrected chi connectivity index (χ4v) is 2.70. The molecule has 0 bridgehead atoms. The van der Waals surface area contributed by atoms with E-state index >= 15 is 0 Å². The maximum absolute atomic E-state index is 12.4. The number of carbonyl (C=O) groups excluding carboxylic acids is 1. The summed E-state index contributed by atoms with van der Waals surface area (Å²) in [6, 6.07) is 23.7. The van der Waals surface area contributed by atoms with Gasteiger partial charge < -0.3 is 10.1 Å². The van der Waals surface area contributed by atoms with Crippen LogP contribution in [0.15, 0.2) is 72.8 Å². The Hall–Kier alpha value is -2.81. The molecule has 0 radical (unpaired) electrons. The Morgan fingerprint density at radius 3 is 2.33 bits per heavy atom. The van der Waals surface area contributed by atoms with E-state index in [1.807, 2.05) is 79.7 Å². The van der Waals surface area contributed by atoms with Crippen molar-refractivity contribution in [2.24, 2.45) is 0 Å². The first-order valence-electron chi connectivity index (χ1n) is 8.15. The Labute approximate surface area is 142 Å². The quantitative estimate of drug-likeness (QED) is 0.753. The van der Waals surface area contributed by atoms with Gasteiger partial charge in [0, 0.05) is 5.39 Å². The van der Waals surface area contributed by atoms with Crippen molar-refractivity contribution < 1.29 is 9.53 Å². The van der Waals surface area contributed by atoms with E-state index < -0.39 is 6.10 Å². The molecule has 3 aromatic carbocycles. The van der Waals surface area contributed by atoms with Crippen molar-refractivity contribution >= 4 is 16.7 Å². The van der Waals surface area contributed by atoms with Crippen molar-refractivity contribution in [3.63, 3.8) is 0 Å². The van der Waals surface area contributed by atoms with Gasteiger partial charge in [-0.05, 0) is 30.9 Å². The summed E-state index contributed by atoms with van der Waals surface area (Å²) in [6.07, 6.45) is -0.568. The number of hydrogen-bond acceptors (Lipinski definition) is 2. The summed E-state index contributed by atoms with van der Waals surface area (Å²) in [5.74, 6) is 0.599. The zero-order valence-electron chi connectivity index (χ0n) is 13.9. The van der Waals surface area contributed by atoms with E-state index in [0.29, 0.717) is 0 Å². The van der Waals surface area contributed by atoms with E-state index in [1.54, 1.807) is 6.92 Å². The summed E-state index contributed by atoms with van der Waals surface area (Å²) < 4.78 is 5.91. The number of nitrogens with one attached hydrogen (secondary N) is 1. The smallest absolute Gasteiger partial charge is 0.261 e. The van der Waals surface area contributed by atoms with Gasteiger partial charge >= 0.3 is 0 Å². The van der Waals surface area contributed by atoms with Gasteiger partial charge in [-0.25, -0.2) is 0 Å². The first kappa shape index (κ1) is 16.1. The first-order chi connectivity index (χ1) is 11.6. The Morgan fingerprint density at radius 1 is 0.875 bits per heavy atom. The van der Waals surface area contributed by atoms with E-state index in [0.717, 1.165) is 22.1 Å². The summed E-state index contributed by atoms with van der Waals surface area (Å²) >= 11 is 0. The molecule has 122 valence electrons. The fourth-order valence-electron chi connectivity index (χ4n) is 2.70. The molecular weight excluding hydrogens is 298 g/mol. The number of fused-ring (bicyclic) bond motifs is 1. The number of amides is 1. The molecule has 3 rings (SSSR count). The van der Waals surface area contributed by atoms with Crippen LogP contribution in [-0.4, -0.2) is 12.0 Å². The summed E-state index contributed by atoms with van der Waals surface area (Å²) in [6.45, 7) is 3.74. The molecule has 0 aliphatic heterocycles. The van der Waals surface area contributed by atoms with Gasteiger partial charge in [-0.15, -0.1) is 0 Å². The third-order valence-electron chi connectivity index (χ3n) is 4.08. The second kappa shape index (κ2) is 7.18. The number of carbonyl (C=O) groups is 1. The van der Waals surface area contributed by atoms with Crippen LogP contribution in [0, 0.1) is 0 Å². The van der Waals surface area contributed by atoms with Gasteiger partial charge in [-0.2, -0.15) is 0 Å². The van der Waals surface area contributed by atoms with Crippen molar-refractivity contribution in [1.29, 1.82) is 0 Å². The number of ether oxygens (including phenoxy) is 1. The molecular formula is C21H21NO2. The van der Waals surface area contributed by atoms with Crippen LogP contribution in [0.4, 0.5) is 0 Å². The third kappa shape index (κ3) is 3.57. The number of benzene rings is 3. The lowest BCUT2D eigenvalue weighted by Crippen LogP contribution is -2.37. The van der Waals surface area contributed by atoms with Crippen LogP contribution in [0.25, 0.3) is 10.8 Å². The van der Waals surface area contributed by atoms with Crippen molar-refractivity contribution in [3.8, 4) is 5.75 Å². The van der Waals surface area contributed by atoms with Crippen molar-refractivity contribution in [2.75, 3.05) is 0 Å². The second-order valence-electron chi connectivity index (χ2n) is 5.88. The van der Waals surface area contributed by atoms with Crippen LogP contribution in [0.1, 0.15) is 25.5 Å². The van der Waals surface area contributed by atoms with Gasteiger partial charge in [0.05, 0.1) is 6.04 Å². The summed E-state index contributed by atoms with van der Waals surface area (Å²) in [4.78, 5) is 12.4. The molecule has 1 N–H and O–H groups in total. The maximum atomic E-state index is 12.4. The fraction of sp³-hybridized carbons (Fsp3) is 0.190. The molecule has 0 aliphatic rings. The topological polar surface area (TPSA) is 38.3 Å². The highest BCUT2D eigenvalue weighted by atomic mass is 16.5. The first-order valence-corrected chi connectivity index (χ1v) is 8.15. The van der Waals surface area contributed by atoms with Crippen LogP contribution >= 0.6 is 0 Å². The summed E-state index contributed by atoms with van der Waals surface area (Å²) in [7, 11) is 0. The molecule has 0 spiro atoms. The van der Waals surface area contributed by atoms with E-state index in [4.69, 9.17) is 4.74 Å². The van der Waals surface area contributed by atoms with Crippen LogP contribution in [0.3, 0.4) is 0 Å². The van der Waals surface area contributed by atoms with Crippen molar-refractivity contribution in [3.05, 3.63) is 78.4 Å². The van der Waals surface area contributed by atoms with Gasteiger partial charge in [-0.1, -0.05) is 66.7 Å². The molecule has 24 heavy (non-hydrogen) atoms. The average Bonchev–Trinajstić information content (AvgIpc) is 2.62. The van der Waals surface area contributed by atoms with E-state index in [9.17, 15) is 4.79 Å². The Morgan fingerprint density at radius 2 is 1.54 bits per heavy atom. The highest BCUT2D eigenvalue weighted by molar-refractivity contribution is 5.89. The minimum absolute atomic E-state index is 0.0581. The summed E-state index contributed by atoms with van der Waals surface area (Å²) in [5.41, 5.74) is 1.07. The van der Waals surface area contributed by atoms with Crippen molar-refractivity contribution in [2.45, 2.75) is 26.0 Å². The highest BCUT2D eigenvalue weighted by Gasteiger charge is 2.18. The van der Waals surface area contributed by atoms with Gasteiger partial charge in [0.15, 0.2) is 6.10 Å². The van der Waals surface area contributed by atoms with Crippen LogP contribution in [0.5, 0.6) is 5.75 Å². The molecule has 1 amide bonds. The van der Waals surface area contributed by atoms with Gasteiger partial charge in [0.1, 0.15) is 5.75 Å². The van der Waals surface area contributed by atoms with Crippen molar-refractivity contribution in [1.82, 2.24) is 5.32 Å². The largest absolute Gasteiger partial charge is 0.480 e. The Kier molecular flexibility index (Phi) is 4.80. The molecule has 2 unspecified atom stereocenters. The second-order valence-corrected chi connectivity index (χ2v) is 5.88. The molecule has 2 atom stereocenters. The monoisotopic (exact) mass is 319 g/mol. The molecule has 3 heteroatoms. The zero-order valence-corrected chi connectivity index (χ0v) is 13.9. The average molecular weight is 319 g/mol. The van der Waals surface area contributed by atoms with Crippen LogP contribution in [0.2, 0.25) is 0 Å². The summed E-state index contributed by atoms with van der Waals surface area (Å²) in [5, 5.41) is 5.11. The van der Waals surface area contributed by atoms with E-state index in [-0.39, 0.29) is 11.9 Å². The lowest BCUT2D eigenvalue weighted by molar-refractivity contribution is -0.127. The van der Waals surface area contributed by atoms with E-state index in [1.165, 1.54) is 0 Å². The Bertz CT molecular complexity index is 824. The molecule has 0 aliphatic carbocycles. The van der Waals surface area contributed by atoms with Gasteiger partial charge in [0.25, 0.3) is 5.91 Å². The third-order valence-corrected chi connectivity index (χ3v) is 4.08. The maximum Gasteiger partial charge on any atom is 0.261 e. The molecule has 0 saturated carbocycles. The molecule has 0 heterocycles. The predicted octanol–water partition coefficient (Wildman–Crippen LogP) is 4.48. The lowest BCUT2D eigenvalue weighted by Gasteiger charge is -2.19. The minimum atomic E-state index is -0.568. The molecule has 3 nitrogen and oxygen atoms in total. The Balaban J connectivity index is 1.70. The molecule has 0 fully saturated rings. The van der Waals surface area contributed by atoms with Gasteiger partial charge in [-0.3, -0.25) is 4.79 Å². The van der Waals surface area contributed by atoms with Crippen LogP contribution in [-0.2, 0) is 4.79 Å². The molecule has 0 saturated heterocycles. The minimum Gasteiger partial charge on any atom is -0.480 e. The number of hydrogen-bond donors (Lipinski definition) is 1. The van der Waals surface area contributed by atoms with Crippen LogP contribution < -0.4 is 10.1 Å². The molecule has 3 aromatic rings. The standard InChI is InChI=1S/C21H21NO2/c1-15(17-9-4-3-5-10-17)22-21(23)16(2)24-20-14-8-12-18-11-6-7-13-19(18)20/h3-16H,1-2H3,(H,22,23). The lowest BCUT2D eigenvalue weighted by atomic mass is 10.1. The number of rotatable bonds is 5. The molecule has 0 aromatic heterocycles. The normalized spacial score (nSPS) is 13.2. The zero-order chi connectivity index (χ0) is 16.9. The SMILES string of the molecule is CC(Oc1cccc2ccccc12)C(=O)NC(C)c1ccccc1. The van der Waals surface area contributed by atoms with Gasteiger partial charge in [0.2, 0.25) is 0 Å². The van der Waals surface area contributed by atoms with E-state index in [2.05, 4.69) is 5.32 Å². The highest BCUT2D eigenvalue weighted by Crippen LogP contribution is 2.26.